The minimum absolute atomic E-state index is 0.0804. The average Bonchev–Trinajstić information content (AvgIpc) is 2.82. The van der Waals surface area contributed by atoms with E-state index >= 15 is 0 Å². The van der Waals surface area contributed by atoms with Crippen LogP contribution in [0, 0.1) is 0 Å². The van der Waals surface area contributed by atoms with Crippen molar-refractivity contribution in [1.29, 1.82) is 0 Å². The summed E-state index contributed by atoms with van der Waals surface area (Å²) in [4.78, 5) is 16.9. The van der Waals surface area contributed by atoms with E-state index in [1.54, 1.807) is 12.3 Å². The Morgan fingerprint density at radius 3 is 2.94 bits per heavy atom. The number of hydrogen-bond donors (Lipinski definition) is 1. The highest BCUT2D eigenvalue weighted by Crippen LogP contribution is 2.34. The highest BCUT2D eigenvalue weighted by Gasteiger charge is 2.20. The molecule has 4 nitrogen and oxygen atoms in total. The van der Waals surface area contributed by atoms with Crippen LogP contribution in [0.15, 0.2) is 42.6 Å². The Kier molecular flexibility index (Phi) is 2.48. The maximum absolute atomic E-state index is 10.9. The van der Waals surface area contributed by atoms with Crippen LogP contribution in [0.25, 0.3) is 0 Å². The van der Waals surface area contributed by atoms with E-state index in [1.807, 2.05) is 18.2 Å². The zero-order valence-corrected chi connectivity index (χ0v) is 9.71. The predicted molar refractivity (Wildman–Crippen MR) is 68.3 cm³/mol. The van der Waals surface area contributed by atoms with Crippen molar-refractivity contribution in [2.75, 3.05) is 11.4 Å². The number of carboxylic acid groups (broad SMARTS) is 1. The first-order valence-corrected chi connectivity index (χ1v) is 5.80. The van der Waals surface area contributed by atoms with Gasteiger partial charge in [0.1, 0.15) is 5.69 Å². The van der Waals surface area contributed by atoms with Gasteiger partial charge >= 0.3 is 5.97 Å². The van der Waals surface area contributed by atoms with Crippen LogP contribution in [0.2, 0.25) is 0 Å². The van der Waals surface area contributed by atoms with Crippen molar-refractivity contribution in [1.82, 2.24) is 4.98 Å². The number of carboxylic acids is 1. The molecule has 0 saturated carbocycles. The Labute approximate surface area is 105 Å². The molecule has 0 radical (unpaired) electrons. The van der Waals surface area contributed by atoms with E-state index in [0.29, 0.717) is 0 Å². The summed E-state index contributed by atoms with van der Waals surface area (Å²) in [5.74, 6) is -0.996. The van der Waals surface area contributed by atoms with Gasteiger partial charge in [0.2, 0.25) is 0 Å². The molecule has 1 aliphatic heterocycles. The Morgan fingerprint density at radius 2 is 2.11 bits per heavy atom. The van der Waals surface area contributed by atoms with Gasteiger partial charge in [-0.05, 0) is 30.2 Å². The molecule has 90 valence electrons. The van der Waals surface area contributed by atoms with Crippen LogP contribution in [0.4, 0.5) is 11.4 Å². The van der Waals surface area contributed by atoms with Gasteiger partial charge in [-0.2, -0.15) is 0 Å². The summed E-state index contributed by atoms with van der Waals surface area (Å²) in [7, 11) is 0. The Bertz CT molecular complexity index is 610. The molecule has 1 aromatic heterocycles. The molecule has 18 heavy (non-hydrogen) atoms. The van der Waals surface area contributed by atoms with E-state index in [-0.39, 0.29) is 5.69 Å². The highest BCUT2D eigenvalue weighted by molar-refractivity contribution is 5.87. The summed E-state index contributed by atoms with van der Waals surface area (Å²) in [6.45, 7) is 0.877. The number of carbonyl (C=O) groups is 1. The van der Waals surface area contributed by atoms with Gasteiger partial charge in [0.15, 0.2) is 0 Å². The molecular weight excluding hydrogens is 228 g/mol. The third-order valence-electron chi connectivity index (χ3n) is 3.16. The number of para-hydroxylation sites is 1. The van der Waals surface area contributed by atoms with Gasteiger partial charge < -0.3 is 10.0 Å². The molecule has 1 aromatic carbocycles. The lowest BCUT2D eigenvalue weighted by atomic mass is 10.2. The fourth-order valence-corrected chi connectivity index (χ4v) is 2.31. The molecule has 1 aliphatic rings. The van der Waals surface area contributed by atoms with E-state index in [9.17, 15) is 4.79 Å². The number of fused-ring (bicyclic) bond motifs is 1. The fourth-order valence-electron chi connectivity index (χ4n) is 2.31. The first kappa shape index (κ1) is 10.8. The minimum atomic E-state index is -0.996. The Morgan fingerprint density at radius 1 is 1.28 bits per heavy atom. The van der Waals surface area contributed by atoms with Crippen LogP contribution in [0.5, 0.6) is 0 Å². The fraction of sp³-hybridized carbons (Fsp3) is 0.143. The standard InChI is InChI=1S/C14H12N2O2/c17-14(18)12-9-11(5-7-15-12)16-8-6-10-3-1-2-4-13(10)16/h1-5,7,9H,6,8H2,(H,17,18). The molecular formula is C14H12N2O2. The zero-order valence-electron chi connectivity index (χ0n) is 9.71. The van der Waals surface area contributed by atoms with E-state index < -0.39 is 5.97 Å². The van der Waals surface area contributed by atoms with Crippen LogP contribution >= 0.6 is 0 Å². The van der Waals surface area contributed by atoms with Gasteiger partial charge in [0.25, 0.3) is 0 Å². The zero-order chi connectivity index (χ0) is 12.5. The first-order chi connectivity index (χ1) is 8.75. The molecule has 0 saturated heterocycles. The van der Waals surface area contributed by atoms with E-state index in [4.69, 9.17) is 5.11 Å². The third-order valence-corrected chi connectivity index (χ3v) is 3.16. The van der Waals surface area contributed by atoms with Crippen molar-refractivity contribution in [3.05, 3.63) is 53.9 Å². The number of benzene rings is 1. The molecule has 2 heterocycles. The Balaban J connectivity index is 2.02. The van der Waals surface area contributed by atoms with Gasteiger partial charge in [-0.15, -0.1) is 0 Å². The van der Waals surface area contributed by atoms with Gasteiger partial charge in [0.05, 0.1) is 0 Å². The smallest absolute Gasteiger partial charge is 0.354 e. The number of aromatic carboxylic acids is 1. The maximum atomic E-state index is 10.9. The summed E-state index contributed by atoms with van der Waals surface area (Å²) >= 11 is 0. The molecule has 0 unspecified atom stereocenters. The van der Waals surface area contributed by atoms with Crippen LogP contribution in [0.3, 0.4) is 0 Å². The second kappa shape index (κ2) is 4.14. The van der Waals surface area contributed by atoms with Crippen molar-refractivity contribution < 1.29 is 9.90 Å². The Hall–Kier alpha value is -2.36. The second-order valence-corrected chi connectivity index (χ2v) is 4.23. The lowest BCUT2D eigenvalue weighted by molar-refractivity contribution is 0.0690. The number of hydrogen-bond acceptors (Lipinski definition) is 3. The lowest BCUT2D eigenvalue weighted by Crippen LogP contribution is -2.14. The quantitative estimate of drug-likeness (QED) is 0.876. The van der Waals surface area contributed by atoms with E-state index in [1.165, 1.54) is 5.56 Å². The number of anilines is 2. The van der Waals surface area contributed by atoms with Crippen LogP contribution in [0.1, 0.15) is 16.1 Å². The molecule has 0 aliphatic carbocycles. The predicted octanol–water partition coefficient (Wildman–Crippen LogP) is 2.47. The normalized spacial score (nSPS) is 13.4. The first-order valence-electron chi connectivity index (χ1n) is 5.80. The van der Waals surface area contributed by atoms with Gasteiger partial charge in [-0.3, -0.25) is 0 Å². The SMILES string of the molecule is O=C(O)c1cc(N2CCc3ccccc32)ccn1. The van der Waals surface area contributed by atoms with Gasteiger partial charge in [-0.25, -0.2) is 9.78 Å². The number of aromatic nitrogens is 1. The molecule has 2 aromatic rings. The van der Waals surface area contributed by atoms with Crippen molar-refractivity contribution in [3.63, 3.8) is 0 Å². The molecule has 0 amide bonds. The molecule has 0 fully saturated rings. The summed E-state index contributed by atoms with van der Waals surface area (Å²) in [6.07, 6.45) is 2.53. The van der Waals surface area contributed by atoms with Gasteiger partial charge in [0, 0.05) is 24.1 Å². The van der Waals surface area contributed by atoms with Crippen molar-refractivity contribution in [2.45, 2.75) is 6.42 Å². The molecule has 1 N–H and O–H groups in total. The summed E-state index contributed by atoms with van der Waals surface area (Å²) < 4.78 is 0. The molecule has 0 atom stereocenters. The number of nitrogens with zero attached hydrogens (tertiary/aromatic N) is 2. The average molecular weight is 240 g/mol. The molecule has 0 bridgehead atoms. The molecule has 4 heteroatoms. The van der Waals surface area contributed by atoms with Crippen LogP contribution in [-0.4, -0.2) is 22.6 Å². The topological polar surface area (TPSA) is 53.4 Å². The van der Waals surface area contributed by atoms with Crippen molar-refractivity contribution in [3.8, 4) is 0 Å². The van der Waals surface area contributed by atoms with Crippen molar-refractivity contribution >= 4 is 17.3 Å². The number of rotatable bonds is 2. The molecule has 0 spiro atoms. The van der Waals surface area contributed by atoms with Crippen LogP contribution < -0.4 is 4.90 Å². The van der Waals surface area contributed by atoms with Crippen molar-refractivity contribution in [2.24, 2.45) is 0 Å². The summed E-state index contributed by atoms with van der Waals surface area (Å²) in [5, 5.41) is 8.97. The second-order valence-electron chi connectivity index (χ2n) is 4.23. The molecule has 3 rings (SSSR count). The summed E-state index contributed by atoms with van der Waals surface area (Å²) in [5.41, 5.74) is 3.41. The monoisotopic (exact) mass is 240 g/mol. The van der Waals surface area contributed by atoms with Crippen LogP contribution in [-0.2, 0) is 6.42 Å². The minimum Gasteiger partial charge on any atom is -0.477 e. The maximum Gasteiger partial charge on any atom is 0.354 e. The van der Waals surface area contributed by atoms with E-state index in [0.717, 1.165) is 24.3 Å². The van der Waals surface area contributed by atoms with E-state index in [2.05, 4.69) is 22.0 Å². The highest BCUT2D eigenvalue weighted by atomic mass is 16.4. The third kappa shape index (κ3) is 1.72. The van der Waals surface area contributed by atoms with Gasteiger partial charge in [-0.1, -0.05) is 18.2 Å². The lowest BCUT2D eigenvalue weighted by Gasteiger charge is -2.19. The largest absolute Gasteiger partial charge is 0.477 e. The number of pyridine rings is 1. The summed E-state index contributed by atoms with van der Waals surface area (Å²) in [6, 6.07) is 11.6.